The molecule has 26 heavy (non-hydrogen) atoms. The fourth-order valence-electron chi connectivity index (χ4n) is 2.93. The van der Waals surface area contributed by atoms with Crippen molar-refractivity contribution in [2.24, 2.45) is 0 Å². The number of hydrogen-bond donors (Lipinski definition) is 2. The van der Waals surface area contributed by atoms with E-state index in [2.05, 4.69) is 20.6 Å². The summed E-state index contributed by atoms with van der Waals surface area (Å²) in [5.74, 6) is 1.77. The van der Waals surface area contributed by atoms with E-state index >= 15 is 0 Å². The third-order valence-corrected chi connectivity index (χ3v) is 4.32. The number of benzene rings is 1. The van der Waals surface area contributed by atoms with Gasteiger partial charge in [-0.1, -0.05) is 6.07 Å². The monoisotopic (exact) mass is 356 g/mol. The van der Waals surface area contributed by atoms with Gasteiger partial charge < -0.3 is 24.8 Å². The van der Waals surface area contributed by atoms with Gasteiger partial charge in [-0.05, 0) is 30.5 Å². The van der Waals surface area contributed by atoms with Gasteiger partial charge in [0.05, 0.1) is 6.10 Å². The largest absolute Gasteiger partial charge is 0.454 e. The molecule has 0 bridgehead atoms. The first kappa shape index (κ1) is 16.6. The van der Waals surface area contributed by atoms with Gasteiger partial charge in [0, 0.05) is 25.8 Å². The lowest BCUT2D eigenvalue weighted by molar-refractivity contribution is 0.0945. The molecule has 1 aromatic heterocycles. The summed E-state index contributed by atoms with van der Waals surface area (Å²) in [5.41, 5.74) is 1.24. The van der Waals surface area contributed by atoms with Gasteiger partial charge in [-0.2, -0.15) is 0 Å². The number of aromatic nitrogens is 2. The number of carbonyl (C=O) groups is 1. The Labute approximate surface area is 150 Å². The molecule has 8 heteroatoms. The zero-order chi connectivity index (χ0) is 17.8. The first-order chi connectivity index (χ1) is 12.8. The van der Waals surface area contributed by atoms with Gasteiger partial charge in [0.2, 0.25) is 6.79 Å². The molecule has 0 saturated carbocycles. The van der Waals surface area contributed by atoms with E-state index in [1.54, 1.807) is 6.07 Å². The number of rotatable bonds is 6. The molecule has 4 rings (SSSR count). The van der Waals surface area contributed by atoms with Crippen LogP contribution in [-0.4, -0.2) is 41.9 Å². The van der Waals surface area contributed by atoms with Crippen LogP contribution >= 0.6 is 0 Å². The van der Waals surface area contributed by atoms with Gasteiger partial charge in [-0.25, -0.2) is 9.97 Å². The molecule has 2 aliphatic heterocycles. The molecule has 3 heterocycles. The Morgan fingerprint density at radius 1 is 1.19 bits per heavy atom. The Kier molecular flexibility index (Phi) is 4.83. The number of amides is 1. The van der Waals surface area contributed by atoms with Crippen molar-refractivity contribution in [1.29, 1.82) is 0 Å². The standard InChI is InChI=1S/C18H20N4O4/c23-18(20-8-12-3-4-15-16(6-12)26-11-25-15)14-7-17(22-10-21-14)19-9-13-2-1-5-24-13/h3-4,6-7,10,13H,1-2,5,8-9,11H2,(H,20,23)(H,19,21,22). The Balaban J connectivity index is 1.33. The van der Waals surface area contributed by atoms with Crippen LogP contribution in [0.1, 0.15) is 28.9 Å². The maximum absolute atomic E-state index is 12.4. The van der Waals surface area contributed by atoms with Crippen LogP contribution in [0.4, 0.5) is 5.82 Å². The Bertz CT molecular complexity index is 793. The van der Waals surface area contributed by atoms with Gasteiger partial charge in [0.15, 0.2) is 11.5 Å². The van der Waals surface area contributed by atoms with E-state index in [9.17, 15) is 4.79 Å². The predicted molar refractivity (Wildman–Crippen MR) is 93.2 cm³/mol. The van der Waals surface area contributed by atoms with Crippen LogP contribution in [0.15, 0.2) is 30.6 Å². The van der Waals surface area contributed by atoms with E-state index in [0.717, 1.165) is 30.8 Å². The average molecular weight is 356 g/mol. The van der Waals surface area contributed by atoms with Gasteiger partial charge in [0.1, 0.15) is 17.8 Å². The first-order valence-corrected chi connectivity index (χ1v) is 8.62. The second-order valence-corrected chi connectivity index (χ2v) is 6.17. The van der Waals surface area contributed by atoms with E-state index in [1.807, 2.05) is 18.2 Å². The Hall–Kier alpha value is -2.87. The van der Waals surface area contributed by atoms with Crippen molar-refractivity contribution in [2.45, 2.75) is 25.5 Å². The molecular formula is C18H20N4O4. The van der Waals surface area contributed by atoms with Crippen molar-refractivity contribution < 1.29 is 19.0 Å². The quantitative estimate of drug-likeness (QED) is 0.814. The van der Waals surface area contributed by atoms with E-state index in [-0.39, 0.29) is 18.8 Å². The third kappa shape index (κ3) is 3.85. The Morgan fingerprint density at radius 2 is 2.12 bits per heavy atom. The number of anilines is 1. The zero-order valence-corrected chi connectivity index (χ0v) is 14.2. The summed E-state index contributed by atoms with van der Waals surface area (Å²) >= 11 is 0. The molecule has 2 aromatic rings. The lowest BCUT2D eigenvalue weighted by Gasteiger charge is -2.11. The van der Waals surface area contributed by atoms with E-state index in [1.165, 1.54) is 6.33 Å². The fraction of sp³-hybridized carbons (Fsp3) is 0.389. The van der Waals surface area contributed by atoms with Crippen molar-refractivity contribution in [1.82, 2.24) is 15.3 Å². The topological polar surface area (TPSA) is 94.6 Å². The molecular weight excluding hydrogens is 336 g/mol. The van der Waals surface area contributed by atoms with Gasteiger partial charge >= 0.3 is 0 Å². The van der Waals surface area contributed by atoms with Crippen molar-refractivity contribution in [3.8, 4) is 11.5 Å². The van der Waals surface area contributed by atoms with E-state index in [0.29, 0.717) is 30.4 Å². The van der Waals surface area contributed by atoms with Crippen LogP contribution in [0.3, 0.4) is 0 Å². The van der Waals surface area contributed by atoms with Crippen LogP contribution < -0.4 is 20.1 Å². The number of fused-ring (bicyclic) bond motifs is 1. The molecule has 0 radical (unpaired) electrons. The molecule has 1 unspecified atom stereocenters. The lowest BCUT2D eigenvalue weighted by atomic mass is 10.2. The summed E-state index contributed by atoms with van der Waals surface area (Å²) in [5, 5.41) is 6.05. The van der Waals surface area contributed by atoms with E-state index in [4.69, 9.17) is 14.2 Å². The van der Waals surface area contributed by atoms with Crippen molar-refractivity contribution >= 4 is 11.7 Å². The molecule has 2 aliphatic rings. The predicted octanol–water partition coefficient (Wildman–Crippen LogP) is 1.73. The maximum Gasteiger partial charge on any atom is 0.270 e. The molecule has 1 atom stereocenters. The number of hydrogen-bond acceptors (Lipinski definition) is 7. The lowest BCUT2D eigenvalue weighted by Crippen LogP contribution is -2.24. The van der Waals surface area contributed by atoms with Gasteiger partial charge in [-0.15, -0.1) is 0 Å². The van der Waals surface area contributed by atoms with Crippen LogP contribution in [0.2, 0.25) is 0 Å². The minimum Gasteiger partial charge on any atom is -0.454 e. The minimum atomic E-state index is -0.259. The summed E-state index contributed by atoms with van der Waals surface area (Å²) in [4.78, 5) is 20.6. The highest BCUT2D eigenvalue weighted by Crippen LogP contribution is 2.32. The zero-order valence-electron chi connectivity index (χ0n) is 14.2. The highest BCUT2D eigenvalue weighted by molar-refractivity contribution is 5.92. The van der Waals surface area contributed by atoms with Crippen molar-refractivity contribution in [3.63, 3.8) is 0 Å². The molecule has 1 fully saturated rings. The molecule has 0 spiro atoms. The van der Waals surface area contributed by atoms with E-state index < -0.39 is 0 Å². The fourth-order valence-corrected chi connectivity index (χ4v) is 2.93. The number of ether oxygens (including phenoxy) is 3. The molecule has 1 saturated heterocycles. The second kappa shape index (κ2) is 7.57. The number of carbonyl (C=O) groups excluding carboxylic acids is 1. The highest BCUT2D eigenvalue weighted by Gasteiger charge is 2.16. The molecule has 2 N–H and O–H groups in total. The summed E-state index contributed by atoms with van der Waals surface area (Å²) in [6, 6.07) is 7.23. The smallest absolute Gasteiger partial charge is 0.270 e. The molecule has 136 valence electrons. The van der Waals surface area contributed by atoms with Crippen molar-refractivity contribution in [2.75, 3.05) is 25.3 Å². The molecule has 1 amide bonds. The third-order valence-electron chi connectivity index (χ3n) is 4.32. The Morgan fingerprint density at radius 3 is 3.00 bits per heavy atom. The van der Waals surface area contributed by atoms with Crippen LogP contribution in [0.5, 0.6) is 11.5 Å². The number of nitrogens with zero attached hydrogens (tertiary/aromatic N) is 2. The van der Waals surface area contributed by atoms with Crippen LogP contribution in [0, 0.1) is 0 Å². The summed E-state index contributed by atoms with van der Waals surface area (Å²) in [6.45, 7) is 2.09. The SMILES string of the molecule is O=C(NCc1ccc2c(c1)OCO2)c1cc(NCC2CCCO2)ncn1. The minimum absolute atomic E-state index is 0.202. The summed E-state index contributed by atoms with van der Waals surface area (Å²) in [6.07, 6.45) is 3.71. The van der Waals surface area contributed by atoms with Crippen LogP contribution in [-0.2, 0) is 11.3 Å². The molecule has 0 aliphatic carbocycles. The number of nitrogens with one attached hydrogen (secondary N) is 2. The summed E-state index contributed by atoms with van der Waals surface area (Å²) in [7, 11) is 0. The maximum atomic E-state index is 12.4. The molecule has 8 nitrogen and oxygen atoms in total. The van der Waals surface area contributed by atoms with Gasteiger partial charge in [0.25, 0.3) is 5.91 Å². The second-order valence-electron chi connectivity index (χ2n) is 6.17. The highest BCUT2D eigenvalue weighted by atomic mass is 16.7. The van der Waals surface area contributed by atoms with Crippen LogP contribution in [0.25, 0.3) is 0 Å². The normalized spacial score (nSPS) is 17.9. The average Bonchev–Trinajstić information content (AvgIpc) is 3.35. The van der Waals surface area contributed by atoms with Gasteiger partial charge in [-0.3, -0.25) is 4.79 Å². The summed E-state index contributed by atoms with van der Waals surface area (Å²) < 4.78 is 16.2. The first-order valence-electron chi connectivity index (χ1n) is 8.62. The molecule has 1 aromatic carbocycles. The van der Waals surface area contributed by atoms with Crippen molar-refractivity contribution in [3.05, 3.63) is 41.9 Å².